The van der Waals surface area contributed by atoms with E-state index >= 15 is 0 Å². The van der Waals surface area contributed by atoms with E-state index in [1.807, 2.05) is 0 Å². The Morgan fingerprint density at radius 2 is 1.50 bits per heavy atom. The maximum atomic E-state index is 9.06. The fourth-order valence-corrected chi connectivity index (χ4v) is 0. The molecule has 0 amide bonds. The van der Waals surface area contributed by atoms with Crippen molar-refractivity contribution in [3.8, 4) is 0 Å². The van der Waals surface area contributed by atoms with Crippen molar-refractivity contribution in [2.45, 2.75) is 0 Å². The summed E-state index contributed by atoms with van der Waals surface area (Å²) in [4.78, 5) is 9.06. The van der Waals surface area contributed by atoms with Gasteiger partial charge in [0.15, 0.2) is 0 Å². The predicted octanol–water partition coefficient (Wildman–Crippen LogP) is 2.06. The fourth-order valence-electron chi connectivity index (χ4n) is 0. The van der Waals surface area contributed by atoms with Gasteiger partial charge in [-0.15, -0.1) is 0 Å². The van der Waals surface area contributed by atoms with Crippen LogP contribution in [0.15, 0.2) is 12.7 Å². The van der Waals surface area contributed by atoms with Crippen LogP contribution in [-0.4, -0.2) is 17.8 Å². The first-order valence-corrected chi connectivity index (χ1v) is 9.82. The Bertz CT molecular complexity index is 56.8. The van der Waals surface area contributed by atoms with Gasteiger partial charge in [0.05, 0.1) is 0 Å². The van der Waals surface area contributed by atoms with E-state index < -0.39 is 11.6 Å². The summed E-state index contributed by atoms with van der Waals surface area (Å²) >= 11 is -1.92. The quantitative estimate of drug-likeness (QED) is 0.386. The molecule has 0 fully saturated rings. The molecule has 1 radical (unpaired) electrons. The maximum absolute atomic E-state index is 9.06. The van der Waals surface area contributed by atoms with Crippen molar-refractivity contribution < 1.29 is 4.79 Å². The summed E-state index contributed by atoms with van der Waals surface area (Å²) in [6, 6.07) is 0. The van der Waals surface area contributed by atoms with Crippen molar-refractivity contribution in [1.82, 2.24) is 0 Å². The van der Waals surface area contributed by atoms with Crippen LogP contribution in [0.1, 0.15) is 0 Å². The Kier molecular flexibility index (Phi) is 15.6. The standard InChI is InChI=1S/C3H4O.Cl3Ge/c1-2-3-4;1-4(2)3/h2-3H,1H2;. The molecule has 5 heteroatoms. The Hall–Kier alpha value is 0.823. The predicted molar refractivity (Wildman–Crippen MR) is 39.6 cm³/mol. The molecule has 0 saturated carbocycles. The molecule has 0 aliphatic heterocycles. The molecule has 0 aromatic carbocycles. The van der Waals surface area contributed by atoms with Gasteiger partial charge in [-0.3, -0.25) is 4.79 Å². The van der Waals surface area contributed by atoms with Crippen molar-refractivity contribution >= 4 is 47.9 Å². The van der Waals surface area contributed by atoms with E-state index in [1.54, 1.807) is 0 Å². The molecule has 0 aliphatic rings. The average Bonchev–Trinajstić information content (AvgIpc) is 1.65. The first kappa shape index (κ1) is 11.6. The third-order valence-electron chi connectivity index (χ3n) is 0.0962. The third kappa shape index (κ3) is 69.6. The molecular weight excluding hydrogens is 231 g/mol. The zero-order valence-electron chi connectivity index (χ0n) is 3.90. The molecule has 0 unspecified atom stereocenters. The van der Waals surface area contributed by atoms with Gasteiger partial charge in [-0.05, 0) is 6.08 Å². The zero-order valence-corrected chi connectivity index (χ0v) is 8.27. The normalized spacial score (nSPS) is 7.00. The Morgan fingerprint density at radius 3 is 1.50 bits per heavy atom. The number of halogens is 3. The summed E-state index contributed by atoms with van der Waals surface area (Å²) in [5.41, 5.74) is 0. The molecule has 0 heterocycles. The van der Waals surface area contributed by atoms with Gasteiger partial charge in [0, 0.05) is 0 Å². The number of hydrogen-bond donors (Lipinski definition) is 0. The molecule has 47 valence electrons. The molecule has 0 spiro atoms. The molecule has 0 saturated heterocycles. The van der Waals surface area contributed by atoms with E-state index in [0.29, 0.717) is 6.29 Å². The second-order valence-corrected chi connectivity index (χ2v) is 10.4. The van der Waals surface area contributed by atoms with Gasteiger partial charge < -0.3 is 0 Å². The van der Waals surface area contributed by atoms with Crippen LogP contribution in [0.5, 0.6) is 0 Å². The molecule has 0 rings (SSSR count). The van der Waals surface area contributed by atoms with E-state index in [0.717, 1.165) is 0 Å². The van der Waals surface area contributed by atoms with Gasteiger partial charge in [0.25, 0.3) is 0 Å². The number of rotatable bonds is 1. The Morgan fingerprint density at radius 1 is 1.38 bits per heavy atom. The average molecular weight is 235 g/mol. The van der Waals surface area contributed by atoms with Gasteiger partial charge in [0.2, 0.25) is 0 Å². The van der Waals surface area contributed by atoms with Crippen LogP contribution in [0, 0.1) is 0 Å². The van der Waals surface area contributed by atoms with Gasteiger partial charge >= 0.3 is 41.6 Å². The zero-order chi connectivity index (χ0) is 6.99. The molecule has 0 atom stereocenters. The van der Waals surface area contributed by atoms with Crippen molar-refractivity contribution in [3.63, 3.8) is 0 Å². The first-order chi connectivity index (χ1) is 3.65. The Labute approximate surface area is 65.3 Å². The van der Waals surface area contributed by atoms with Crippen LogP contribution in [0.25, 0.3) is 0 Å². The third-order valence-corrected chi connectivity index (χ3v) is 0.0962. The van der Waals surface area contributed by atoms with Crippen LogP contribution in [-0.2, 0) is 4.79 Å². The van der Waals surface area contributed by atoms with E-state index in [1.165, 1.54) is 6.08 Å². The summed E-state index contributed by atoms with van der Waals surface area (Å²) in [6.45, 7) is 3.11. The SMILES string of the molecule is C=CC=O.[Cl][Ge]([Cl])[Cl]. The Balaban J connectivity index is 0. The summed E-state index contributed by atoms with van der Waals surface area (Å²) in [6.07, 6.45) is 1.83. The number of hydrogen-bond acceptors (Lipinski definition) is 1. The van der Waals surface area contributed by atoms with Gasteiger partial charge in [-0.25, -0.2) is 0 Å². The minimum atomic E-state index is -1.92. The van der Waals surface area contributed by atoms with E-state index in [4.69, 9.17) is 34.8 Å². The minimum absolute atomic E-state index is 0.639. The summed E-state index contributed by atoms with van der Waals surface area (Å²) in [7, 11) is 14.9. The molecule has 0 aromatic rings. The van der Waals surface area contributed by atoms with Gasteiger partial charge in [-0.2, -0.15) is 0 Å². The van der Waals surface area contributed by atoms with E-state index in [9.17, 15) is 0 Å². The second-order valence-electron chi connectivity index (χ2n) is 0.586. The van der Waals surface area contributed by atoms with Gasteiger partial charge in [0.1, 0.15) is 6.29 Å². The van der Waals surface area contributed by atoms with E-state index in [2.05, 4.69) is 6.58 Å². The monoisotopic (exact) mass is 235 g/mol. The molecule has 1 nitrogen and oxygen atoms in total. The topological polar surface area (TPSA) is 17.1 Å². The van der Waals surface area contributed by atoms with Crippen LogP contribution >= 0.6 is 30.0 Å². The molecule has 0 N–H and O–H groups in total. The molecule has 0 aliphatic carbocycles. The van der Waals surface area contributed by atoms with Crippen molar-refractivity contribution in [3.05, 3.63) is 12.7 Å². The summed E-state index contributed by atoms with van der Waals surface area (Å²) in [5, 5.41) is 0. The molecular formula is C3H4Cl3GeO. The van der Waals surface area contributed by atoms with Crippen molar-refractivity contribution in [2.75, 3.05) is 0 Å². The number of carbonyl (C=O) groups is 1. The van der Waals surface area contributed by atoms with Gasteiger partial charge in [-0.1, -0.05) is 6.58 Å². The van der Waals surface area contributed by atoms with E-state index in [-0.39, 0.29) is 0 Å². The number of aldehydes is 1. The first-order valence-electron chi connectivity index (χ1n) is 1.54. The second kappa shape index (κ2) is 10.7. The van der Waals surface area contributed by atoms with Crippen LogP contribution in [0.4, 0.5) is 0 Å². The fraction of sp³-hybridized carbons (Fsp3) is 0. The molecule has 0 bridgehead atoms. The number of carbonyl (C=O) groups excluding carboxylic acids is 1. The number of allylic oxidation sites excluding steroid dienone is 1. The van der Waals surface area contributed by atoms with Crippen LogP contribution in [0.3, 0.4) is 0 Å². The van der Waals surface area contributed by atoms with Crippen molar-refractivity contribution in [1.29, 1.82) is 0 Å². The molecule has 8 heavy (non-hydrogen) atoms. The summed E-state index contributed by atoms with van der Waals surface area (Å²) in [5.74, 6) is 0. The van der Waals surface area contributed by atoms with Crippen LogP contribution in [0.2, 0.25) is 0 Å². The summed E-state index contributed by atoms with van der Waals surface area (Å²) < 4.78 is 0. The van der Waals surface area contributed by atoms with Crippen molar-refractivity contribution in [2.24, 2.45) is 0 Å². The molecule has 0 aromatic heterocycles. The van der Waals surface area contributed by atoms with Crippen LogP contribution < -0.4 is 0 Å².